The number of ether oxygens (including phenoxy) is 2. The fourth-order valence-corrected chi connectivity index (χ4v) is 2.23. The maximum Gasteiger partial charge on any atom is 0.221 e. The van der Waals surface area contributed by atoms with E-state index >= 15 is 0 Å². The zero-order valence-electron chi connectivity index (χ0n) is 14.7. The average molecular weight is 337 g/mol. The second-order valence-electron chi connectivity index (χ2n) is 5.53. The lowest BCUT2D eigenvalue weighted by molar-refractivity contribution is -0.120. The van der Waals surface area contributed by atoms with Gasteiger partial charge in [-0.05, 0) is 42.7 Å². The molecule has 4 nitrogen and oxygen atoms in total. The summed E-state index contributed by atoms with van der Waals surface area (Å²) in [6.07, 6.45) is 1.13. The van der Waals surface area contributed by atoms with E-state index < -0.39 is 0 Å². The van der Waals surface area contributed by atoms with Gasteiger partial charge in [-0.25, -0.2) is 0 Å². The first-order chi connectivity index (χ1) is 12.2. The first kappa shape index (κ1) is 18.4. The van der Waals surface area contributed by atoms with Crippen LogP contribution in [0, 0.1) is 18.8 Å². The van der Waals surface area contributed by atoms with Crippen molar-refractivity contribution in [2.24, 2.45) is 0 Å². The quantitative estimate of drug-likeness (QED) is 0.790. The first-order valence-corrected chi connectivity index (χ1v) is 8.23. The number of benzene rings is 2. The molecule has 0 bridgehead atoms. The maximum absolute atomic E-state index is 11.8. The highest BCUT2D eigenvalue weighted by Gasteiger charge is 2.01. The van der Waals surface area contributed by atoms with Gasteiger partial charge in [0.2, 0.25) is 5.91 Å². The number of hydrogen-bond acceptors (Lipinski definition) is 3. The zero-order chi connectivity index (χ0) is 17.9. The minimum absolute atomic E-state index is 0.00931. The SMILES string of the molecule is COc1ccc(CCC(=O)NCC#CCOc2ccccc2C)cc1. The number of nitrogens with one attached hydrogen (secondary N) is 1. The summed E-state index contributed by atoms with van der Waals surface area (Å²) in [7, 11) is 1.63. The molecular weight excluding hydrogens is 314 g/mol. The van der Waals surface area contributed by atoms with E-state index in [9.17, 15) is 4.79 Å². The topological polar surface area (TPSA) is 47.6 Å². The van der Waals surface area contributed by atoms with E-state index in [2.05, 4.69) is 17.2 Å². The molecule has 4 heteroatoms. The summed E-state index contributed by atoms with van der Waals surface area (Å²) in [5.74, 6) is 7.44. The van der Waals surface area contributed by atoms with Crippen LogP contribution in [0.3, 0.4) is 0 Å². The van der Waals surface area contributed by atoms with Crippen LogP contribution in [0.2, 0.25) is 0 Å². The van der Waals surface area contributed by atoms with Crippen LogP contribution in [-0.2, 0) is 11.2 Å². The van der Waals surface area contributed by atoms with Gasteiger partial charge in [0.25, 0.3) is 0 Å². The van der Waals surface area contributed by atoms with Crippen molar-refractivity contribution in [3.63, 3.8) is 0 Å². The molecule has 1 amide bonds. The molecule has 2 aromatic carbocycles. The minimum atomic E-state index is -0.00931. The van der Waals surface area contributed by atoms with Crippen LogP contribution in [0.1, 0.15) is 17.5 Å². The first-order valence-electron chi connectivity index (χ1n) is 8.23. The van der Waals surface area contributed by atoms with Gasteiger partial charge in [-0.1, -0.05) is 42.2 Å². The molecule has 0 unspecified atom stereocenters. The fraction of sp³-hybridized carbons (Fsp3) is 0.286. The normalized spacial score (nSPS) is 9.68. The molecule has 0 atom stereocenters. The van der Waals surface area contributed by atoms with Gasteiger partial charge in [0.1, 0.15) is 18.1 Å². The number of hydrogen-bond donors (Lipinski definition) is 1. The molecule has 0 aliphatic carbocycles. The zero-order valence-corrected chi connectivity index (χ0v) is 14.7. The number of aryl methyl sites for hydroxylation is 2. The molecule has 0 spiro atoms. The Morgan fingerprint density at radius 1 is 1.08 bits per heavy atom. The Kier molecular flexibility index (Phi) is 7.40. The third kappa shape index (κ3) is 6.60. The monoisotopic (exact) mass is 337 g/mol. The summed E-state index contributed by atoms with van der Waals surface area (Å²) in [6, 6.07) is 15.5. The Labute approximate surface area is 149 Å². The van der Waals surface area contributed by atoms with E-state index in [1.54, 1.807) is 7.11 Å². The number of rotatable bonds is 7. The summed E-state index contributed by atoms with van der Waals surface area (Å²) in [5.41, 5.74) is 2.18. The number of methoxy groups -OCH3 is 1. The highest BCUT2D eigenvalue weighted by Crippen LogP contribution is 2.15. The van der Waals surface area contributed by atoms with Crippen LogP contribution in [0.5, 0.6) is 11.5 Å². The van der Waals surface area contributed by atoms with Crippen LogP contribution in [-0.4, -0.2) is 26.2 Å². The predicted molar refractivity (Wildman–Crippen MR) is 98.8 cm³/mol. The molecule has 1 N–H and O–H groups in total. The smallest absolute Gasteiger partial charge is 0.221 e. The summed E-state index contributed by atoms with van der Waals surface area (Å²) >= 11 is 0. The van der Waals surface area contributed by atoms with E-state index in [1.165, 1.54) is 0 Å². The number of amides is 1. The van der Waals surface area contributed by atoms with Crippen molar-refractivity contribution in [1.29, 1.82) is 0 Å². The Morgan fingerprint density at radius 3 is 2.56 bits per heavy atom. The van der Waals surface area contributed by atoms with Crippen molar-refractivity contribution >= 4 is 5.91 Å². The van der Waals surface area contributed by atoms with Crippen LogP contribution in [0.25, 0.3) is 0 Å². The van der Waals surface area contributed by atoms with E-state index in [4.69, 9.17) is 9.47 Å². The largest absolute Gasteiger partial charge is 0.497 e. The number of carbonyl (C=O) groups is 1. The second kappa shape index (κ2) is 10.0. The molecule has 0 aliphatic rings. The van der Waals surface area contributed by atoms with Crippen molar-refractivity contribution in [1.82, 2.24) is 5.32 Å². The number of para-hydroxylation sites is 1. The summed E-state index contributed by atoms with van der Waals surface area (Å²) in [6.45, 7) is 2.64. The van der Waals surface area contributed by atoms with E-state index in [0.717, 1.165) is 22.6 Å². The molecule has 0 aliphatic heterocycles. The third-order valence-electron chi connectivity index (χ3n) is 3.69. The van der Waals surface area contributed by atoms with E-state index in [1.807, 2.05) is 55.5 Å². The summed E-state index contributed by atoms with van der Waals surface area (Å²) in [4.78, 5) is 11.8. The molecule has 2 aromatic rings. The molecule has 0 saturated heterocycles. The average Bonchev–Trinajstić information content (AvgIpc) is 2.64. The lowest BCUT2D eigenvalue weighted by Gasteiger charge is -2.05. The minimum Gasteiger partial charge on any atom is -0.497 e. The molecule has 2 rings (SSSR count). The van der Waals surface area contributed by atoms with Crippen molar-refractivity contribution in [2.45, 2.75) is 19.8 Å². The highest BCUT2D eigenvalue weighted by molar-refractivity contribution is 5.76. The van der Waals surface area contributed by atoms with Crippen LogP contribution >= 0.6 is 0 Å². The molecule has 0 saturated carbocycles. The molecular formula is C21H23NO3. The van der Waals surface area contributed by atoms with Gasteiger partial charge in [0, 0.05) is 6.42 Å². The molecule has 0 heterocycles. The van der Waals surface area contributed by atoms with Crippen molar-refractivity contribution in [3.05, 3.63) is 59.7 Å². The maximum atomic E-state index is 11.8. The lowest BCUT2D eigenvalue weighted by Crippen LogP contribution is -2.23. The van der Waals surface area contributed by atoms with Gasteiger partial charge in [-0.2, -0.15) is 0 Å². The Morgan fingerprint density at radius 2 is 1.84 bits per heavy atom. The van der Waals surface area contributed by atoms with Crippen molar-refractivity contribution in [2.75, 3.05) is 20.3 Å². The molecule has 25 heavy (non-hydrogen) atoms. The van der Waals surface area contributed by atoms with Gasteiger partial charge >= 0.3 is 0 Å². The van der Waals surface area contributed by atoms with Crippen LogP contribution in [0.4, 0.5) is 0 Å². The van der Waals surface area contributed by atoms with Gasteiger partial charge < -0.3 is 14.8 Å². The van der Waals surface area contributed by atoms with Crippen LogP contribution < -0.4 is 14.8 Å². The lowest BCUT2D eigenvalue weighted by atomic mass is 10.1. The molecule has 0 fully saturated rings. The van der Waals surface area contributed by atoms with Gasteiger partial charge in [0.05, 0.1) is 13.7 Å². The summed E-state index contributed by atoms with van der Waals surface area (Å²) < 4.78 is 10.7. The number of carbonyl (C=O) groups excluding carboxylic acids is 1. The highest BCUT2D eigenvalue weighted by atomic mass is 16.5. The van der Waals surface area contributed by atoms with Crippen molar-refractivity contribution in [3.8, 4) is 23.3 Å². The Balaban J connectivity index is 1.63. The van der Waals surface area contributed by atoms with Gasteiger partial charge in [0.15, 0.2) is 0 Å². The Hall–Kier alpha value is -2.93. The summed E-state index contributed by atoms with van der Waals surface area (Å²) in [5, 5.41) is 2.79. The molecule has 130 valence electrons. The van der Waals surface area contributed by atoms with Crippen molar-refractivity contribution < 1.29 is 14.3 Å². The second-order valence-corrected chi connectivity index (χ2v) is 5.53. The van der Waals surface area contributed by atoms with Crippen LogP contribution in [0.15, 0.2) is 48.5 Å². The molecule has 0 aromatic heterocycles. The predicted octanol–water partition coefficient (Wildman–Crippen LogP) is 3.13. The van der Waals surface area contributed by atoms with E-state index in [-0.39, 0.29) is 5.91 Å². The van der Waals surface area contributed by atoms with Gasteiger partial charge in [-0.15, -0.1) is 0 Å². The standard InChI is InChI=1S/C21H23NO3/c1-17-7-3-4-8-20(17)25-16-6-5-15-22-21(23)14-11-18-9-12-19(24-2)13-10-18/h3-4,7-10,12-13H,11,14-16H2,1-2H3,(H,22,23). The molecule has 0 radical (unpaired) electrons. The van der Waals surface area contributed by atoms with Gasteiger partial charge in [-0.3, -0.25) is 4.79 Å². The fourth-order valence-electron chi connectivity index (χ4n) is 2.23. The third-order valence-corrected chi connectivity index (χ3v) is 3.69. The van der Waals surface area contributed by atoms with E-state index in [0.29, 0.717) is 26.0 Å². The Bertz CT molecular complexity index is 742.